The van der Waals surface area contributed by atoms with Gasteiger partial charge in [0.25, 0.3) is 0 Å². The highest BCUT2D eigenvalue weighted by molar-refractivity contribution is 8.06. The number of hydrogen-bond acceptors (Lipinski definition) is 3. The molecule has 3 heteroatoms. The standard InChI is InChI=1S/C15H23NS2/c1-11-4-5-12(2)15(8-11)13(3)16-9-14-10-17-6-7-18-14/h4-5,8,13-14,16H,6-7,9-10H2,1-3H3. The van der Waals surface area contributed by atoms with E-state index in [-0.39, 0.29) is 0 Å². The first-order valence-corrected chi connectivity index (χ1v) is 8.87. The van der Waals surface area contributed by atoms with Gasteiger partial charge in [0, 0.05) is 35.1 Å². The van der Waals surface area contributed by atoms with Crippen molar-refractivity contribution in [2.24, 2.45) is 0 Å². The monoisotopic (exact) mass is 281 g/mol. The summed E-state index contributed by atoms with van der Waals surface area (Å²) in [6, 6.07) is 7.20. The Morgan fingerprint density at radius 3 is 2.89 bits per heavy atom. The van der Waals surface area contributed by atoms with Crippen LogP contribution < -0.4 is 5.32 Å². The van der Waals surface area contributed by atoms with E-state index in [1.54, 1.807) is 0 Å². The summed E-state index contributed by atoms with van der Waals surface area (Å²) in [5.41, 5.74) is 4.20. The minimum Gasteiger partial charge on any atom is -0.309 e. The number of aryl methyl sites for hydroxylation is 2. The molecule has 100 valence electrons. The van der Waals surface area contributed by atoms with E-state index in [1.165, 1.54) is 33.9 Å². The fraction of sp³-hybridized carbons (Fsp3) is 0.600. The fourth-order valence-corrected chi connectivity index (χ4v) is 4.92. The third-order valence-corrected chi connectivity index (χ3v) is 6.28. The Bertz CT molecular complexity index is 386. The van der Waals surface area contributed by atoms with E-state index < -0.39 is 0 Å². The van der Waals surface area contributed by atoms with Crippen LogP contribution in [0.3, 0.4) is 0 Å². The molecule has 1 fully saturated rings. The zero-order valence-corrected chi connectivity index (χ0v) is 13.2. The first-order chi connectivity index (χ1) is 8.66. The summed E-state index contributed by atoms with van der Waals surface area (Å²) in [6.45, 7) is 7.79. The molecule has 1 N–H and O–H groups in total. The first-order valence-electron chi connectivity index (χ1n) is 6.66. The maximum absolute atomic E-state index is 3.70. The Hall–Kier alpha value is -0.120. The summed E-state index contributed by atoms with van der Waals surface area (Å²) in [6.07, 6.45) is 0. The van der Waals surface area contributed by atoms with Crippen LogP contribution in [0.1, 0.15) is 29.7 Å². The van der Waals surface area contributed by atoms with Crippen molar-refractivity contribution in [1.29, 1.82) is 0 Å². The van der Waals surface area contributed by atoms with Crippen LogP contribution in [0.25, 0.3) is 0 Å². The van der Waals surface area contributed by atoms with Crippen LogP contribution in [0.5, 0.6) is 0 Å². The molecule has 0 saturated carbocycles. The van der Waals surface area contributed by atoms with Gasteiger partial charge in [0.15, 0.2) is 0 Å². The SMILES string of the molecule is Cc1ccc(C)c(C(C)NCC2CSCCS2)c1. The molecule has 1 aromatic rings. The van der Waals surface area contributed by atoms with E-state index in [2.05, 4.69) is 67.8 Å². The molecule has 18 heavy (non-hydrogen) atoms. The van der Waals surface area contributed by atoms with Crippen LogP contribution in [0.2, 0.25) is 0 Å². The van der Waals surface area contributed by atoms with E-state index in [1.807, 2.05) is 0 Å². The van der Waals surface area contributed by atoms with Crippen molar-refractivity contribution in [3.05, 3.63) is 34.9 Å². The van der Waals surface area contributed by atoms with Gasteiger partial charge in [-0.15, -0.1) is 0 Å². The Morgan fingerprint density at radius 2 is 2.17 bits per heavy atom. The zero-order chi connectivity index (χ0) is 13.0. The van der Waals surface area contributed by atoms with Gasteiger partial charge in [0.1, 0.15) is 0 Å². The molecule has 0 aliphatic carbocycles. The van der Waals surface area contributed by atoms with Crippen molar-refractivity contribution in [2.45, 2.75) is 32.1 Å². The molecule has 2 atom stereocenters. The van der Waals surface area contributed by atoms with Crippen molar-refractivity contribution in [3.63, 3.8) is 0 Å². The van der Waals surface area contributed by atoms with Crippen molar-refractivity contribution in [2.75, 3.05) is 23.8 Å². The molecule has 1 aliphatic rings. The summed E-state index contributed by atoms with van der Waals surface area (Å²) in [5, 5.41) is 4.49. The van der Waals surface area contributed by atoms with Gasteiger partial charge in [-0.1, -0.05) is 23.8 Å². The van der Waals surface area contributed by atoms with Gasteiger partial charge in [-0.25, -0.2) is 0 Å². The Morgan fingerprint density at radius 1 is 1.33 bits per heavy atom. The second-order valence-electron chi connectivity index (χ2n) is 5.06. The van der Waals surface area contributed by atoms with Gasteiger partial charge in [-0.05, 0) is 31.9 Å². The zero-order valence-electron chi connectivity index (χ0n) is 11.5. The summed E-state index contributed by atoms with van der Waals surface area (Å²) in [5.74, 6) is 3.94. The van der Waals surface area contributed by atoms with E-state index >= 15 is 0 Å². The lowest BCUT2D eigenvalue weighted by atomic mass is 10.00. The largest absolute Gasteiger partial charge is 0.309 e. The summed E-state index contributed by atoms with van der Waals surface area (Å²) < 4.78 is 0. The molecule has 1 aliphatic heterocycles. The molecule has 0 aromatic heterocycles. The van der Waals surface area contributed by atoms with Crippen LogP contribution in [0, 0.1) is 13.8 Å². The van der Waals surface area contributed by atoms with Gasteiger partial charge in [-0.3, -0.25) is 0 Å². The van der Waals surface area contributed by atoms with Gasteiger partial charge >= 0.3 is 0 Å². The minimum absolute atomic E-state index is 0.456. The molecular formula is C15H23NS2. The van der Waals surface area contributed by atoms with Crippen molar-refractivity contribution in [1.82, 2.24) is 5.32 Å². The average Bonchev–Trinajstić information content (AvgIpc) is 2.40. The molecule has 0 amide bonds. The average molecular weight is 281 g/mol. The quantitative estimate of drug-likeness (QED) is 0.901. The van der Waals surface area contributed by atoms with Gasteiger partial charge in [-0.2, -0.15) is 23.5 Å². The number of nitrogens with one attached hydrogen (secondary N) is 1. The third kappa shape index (κ3) is 3.94. The van der Waals surface area contributed by atoms with Crippen LogP contribution in [-0.2, 0) is 0 Å². The first kappa shape index (κ1) is 14.3. The van der Waals surface area contributed by atoms with E-state index in [0.717, 1.165) is 11.8 Å². The molecule has 1 saturated heterocycles. The lowest BCUT2D eigenvalue weighted by Crippen LogP contribution is -2.31. The predicted octanol–water partition coefficient (Wildman–Crippen LogP) is 3.80. The summed E-state index contributed by atoms with van der Waals surface area (Å²) in [4.78, 5) is 0. The highest BCUT2D eigenvalue weighted by atomic mass is 32.2. The summed E-state index contributed by atoms with van der Waals surface area (Å²) >= 11 is 4.22. The second kappa shape index (κ2) is 6.88. The van der Waals surface area contributed by atoms with Crippen molar-refractivity contribution >= 4 is 23.5 Å². The maximum Gasteiger partial charge on any atom is 0.0294 e. The van der Waals surface area contributed by atoms with Crippen LogP contribution >= 0.6 is 23.5 Å². The fourth-order valence-electron chi connectivity index (χ4n) is 2.30. The Kier molecular flexibility index (Phi) is 5.46. The molecule has 0 radical (unpaired) electrons. The lowest BCUT2D eigenvalue weighted by molar-refractivity contribution is 0.574. The number of rotatable bonds is 4. The van der Waals surface area contributed by atoms with Crippen LogP contribution in [0.4, 0.5) is 0 Å². The molecule has 2 rings (SSSR count). The molecule has 1 nitrogen and oxygen atoms in total. The number of hydrogen-bond donors (Lipinski definition) is 1. The van der Waals surface area contributed by atoms with E-state index in [0.29, 0.717) is 6.04 Å². The Labute approximate surface area is 120 Å². The minimum atomic E-state index is 0.456. The molecular weight excluding hydrogens is 258 g/mol. The van der Waals surface area contributed by atoms with Crippen molar-refractivity contribution < 1.29 is 0 Å². The summed E-state index contributed by atoms with van der Waals surface area (Å²) in [7, 11) is 0. The van der Waals surface area contributed by atoms with Crippen LogP contribution in [-0.4, -0.2) is 29.1 Å². The van der Waals surface area contributed by atoms with Gasteiger partial charge in [0.2, 0.25) is 0 Å². The van der Waals surface area contributed by atoms with E-state index in [4.69, 9.17) is 0 Å². The molecule has 0 bridgehead atoms. The number of benzene rings is 1. The molecule has 0 spiro atoms. The maximum atomic E-state index is 3.70. The van der Waals surface area contributed by atoms with Gasteiger partial charge in [0.05, 0.1) is 0 Å². The molecule has 2 unspecified atom stereocenters. The van der Waals surface area contributed by atoms with E-state index in [9.17, 15) is 0 Å². The predicted molar refractivity (Wildman–Crippen MR) is 85.9 cm³/mol. The topological polar surface area (TPSA) is 12.0 Å². The molecule has 1 heterocycles. The van der Waals surface area contributed by atoms with Crippen molar-refractivity contribution in [3.8, 4) is 0 Å². The number of thioether (sulfide) groups is 2. The lowest BCUT2D eigenvalue weighted by Gasteiger charge is -2.24. The highest BCUT2D eigenvalue weighted by Gasteiger charge is 2.16. The smallest absolute Gasteiger partial charge is 0.0294 e. The third-order valence-electron chi connectivity index (χ3n) is 3.44. The highest BCUT2D eigenvalue weighted by Crippen LogP contribution is 2.25. The Balaban J connectivity index is 1.90. The van der Waals surface area contributed by atoms with Gasteiger partial charge < -0.3 is 5.32 Å². The van der Waals surface area contributed by atoms with Crippen LogP contribution in [0.15, 0.2) is 18.2 Å². The molecule has 1 aromatic carbocycles. The normalized spacial score (nSPS) is 21.8. The second-order valence-corrected chi connectivity index (χ2v) is 7.62.